The zero-order valence-electron chi connectivity index (χ0n) is 19.8. The van der Waals surface area contributed by atoms with Crippen LogP contribution in [0.15, 0.2) is 49.2 Å². The Hall–Kier alpha value is -4.26. The number of nitrogens with one attached hydrogen (secondary N) is 2. The molecule has 36 heavy (non-hydrogen) atoms. The first-order chi connectivity index (χ1) is 17.5. The van der Waals surface area contributed by atoms with Gasteiger partial charge < -0.3 is 15.2 Å². The molecule has 1 aromatic carbocycles. The molecule has 4 heterocycles. The SMILES string of the molecule is C[C@@H](NC(=O)c1ccc(N2CC(CC#N)(n3cc(-c4ncnc5[nH]ccc45)cn3)C2)cc1F)C1CC1. The number of H-pyrrole nitrogens is 1. The molecule has 4 aromatic rings. The van der Waals surface area contributed by atoms with Gasteiger partial charge in [0, 0.05) is 48.2 Å². The van der Waals surface area contributed by atoms with Crippen LogP contribution in [0.2, 0.25) is 0 Å². The maximum absolute atomic E-state index is 14.9. The summed E-state index contributed by atoms with van der Waals surface area (Å²) in [5, 5.41) is 17.9. The number of nitrogens with zero attached hydrogens (tertiary/aromatic N) is 6. The molecule has 1 saturated heterocycles. The van der Waals surface area contributed by atoms with Crippen molar-refractivity contribution < 1.29 is 9.18 Å². The van der Waals surface area contributed by atoms with E-state index in [1.165, 1.54) is 18.5 Å². The lowest BCUT2D eigenvalue weighted by molar-refractivity contribution is 0.0931. The van der Waals surface area contributed by atoms with E-state index >= 15 is 0 Å². The molecule has 9 nitrogen and oxygen atoms in total. The Balaban J connectivity index is 1.20. The zero-order valence-corrected chi connectivity index (χ0v) is 19.8. The molecule has 1 aliphatic carbocycles. The van der Waals surface area contributed by atoms with Gasteiger partial charge >= 0.3 is 0 Å². The Bertz CT molecular complexity index is 1490. The van der Waals surface area contributed by atoms with Gasteiger partial charge in [0.15, 0.2) is 0 Å². The van der Waals surface area contributed by atoms with Crippen LogP contribution in [0.3, 0.4) is 0 Å². The van der Waals surface area contributed by atoms with Crippen molar-refractivity contribution in [3.8, 4) is 17.3 Å². The molecule has 0 bridgehead atoms. The molecule has 0 unspecified atom stereocenters. The fourth-order valence-electron chi connectivity index (χ4n) is 5.02. The lowest BCUT2D eigenvalue weighted by atomic mass is 9.86. The number of nitriles is 1. The summed E-state index contributed by atoms with van der Waals surface area (Å²) in [6, 6.07) is 8.93. The van der Waals surface area contributed by atoms with Crippen LogP contribution in [-0.2, 0) is 5.54 Å². The molecule has 2 fully saturated rings. The number of benzene rings is 1. The minimum Gasteiger partial charge on any atom is -0.366 e. The number of fused-ring (bicyclic) bond motifs is 1. The Morgan fingerprint density at radius 3 is 2.92 bits per heavy atom. The van der Waals surface area contributed by atoms with E-state index in [4.69, 9.17) is 0 Å². The third-order valence-electron chi connectivity index (χ3n) is 7.32. The van der Waals surface area contributed by atoms with Crippen LogP contribution in [0.25, 0.3) is 22.3 Å². The fourth-order valence-corrected chi connectivity index (χ4v) is 5.02. The molecule has 3 aromatic heterocycles. The van der Waals surface area contributed by atoms with Crippen LogP contribution >= 0.6 is 0 Å². The first-order valence-electron chi connectivity index (χ1n) is 12.0. The summed E-state index contributed by atoms with van der Waals surface area (Å²) in [6.45, 7) is 2.95. The number of carbonyl (C=O) groups is 1. The molecule has 1 atom stereocenters. The molecule has 1 amide bonds. The molecule has 2 N–H and O–H groups in total. The van der Waals surface area contributed by atoms with Crippen molar-refractivity contribution in [3.05, 3.63) is 60.6 Å². The quantitative estimate of drug-likeness (QED) is 0.414. The first-order valence-corrected chi connectivity index (χ1v) is 12.0. The van der Waals surface area contributed by atoms with Gasteiger partial charge in [-0.2, -0.15) is 10.4 Å². The molecule has 2 aliphatic rings. The predicted octanol–water partition coefficient (Wildman–Crippen LogP) is 3.62. The number of anilines is 1. The molecule has 0 radical (unpaired) electrons. The number of aromatic amines is 1. The van der Waals surface area contributed by atoms with Crippen molar-refractivity contribution in [2.24, 2.45) is 5.92 Å². The highest BCUT2D eigenvalue weighted by Gasteiger charge is 2.46. The fraction of sp³-hybridized carbons (Fsp3) is 0.346. The first kappa shape index (κ1) is 22.2. The van der Waals surface area contributed by atoms with Gasteiger partial charge in [-0.3, -0.25) is 9.48 Å². The summed E-state index contributed by atoms with van der Waals surface area (Å²) in [5.41, 5.74) is 2.53. The lowest BCUT2D eigenvalue weighted by Crippen LogP contribution is -2.63. The highest BCUT2D eigenvalue weighted by molar-refractivity contribution is 5.95. The predicted molar refractivity (Wildman–Crippen MR) is 132 cm³/mol. The summed E-state index contributed by atoms with van der Waals surface area (Å²) in [6.07, 6.45) is 9.44. The molecular formula is C26H25FN8O. The van der Waals surface area contributed by atoms with E-state index in [2.05, 4.69) is 31.4 Å². The van der Waals surface area contributed by atoms with E-state index < -0.39 is 11.4 Å². The van der Waals surface area contributed by atoms with Crippen molar-refractivity contribution in [3.63, 3.8) is 0 Å². The Morgan fingerprint density at radius 1 is 1.33 bits per heavy atom. The number of hydrogen-bond acceptors (Lipinski definition) is 6. The van der Waals surface area contributed by atoms with Crippen LogP contribution in [0.4, 0.5) is 10.1 Å². The summed E-state index contributed by atoms with van der Waals surface area (Å²) in [7, 11) is 0. The minimum atomic E-state index is -0.550. The molecule has 1 aliphatic heterocycles. The van der Waals surface area contributed by atoms with Gasteiger partial charge in [0.05, 0.1) is 29.9 Å². The van der Waals surface area contributed by atoms with Gasteiger partial charge in [-0.1, -0.05) is 0 Å². The van der Waals surface area contributed by atoms with Gasteiger partial charge in [-0.25, -0.2) is 14.4 Å². The second-order valence-electron chi connectivity index (χ2n) is 9.81. The summed E-state index contributed by atoms with van der Waals surface area (Å²) < 4.78 is 16.7. The van der Waals surface area contributed by atoms with Crippen molar-refractivity contribution >= 4 is 22.6 Å². The van der Waals surface area contributed by atoms with Crippen LogP contribution in [0.5, 0.6) is 0 Å². The standard InChI is InChI=1S/C26H25FN8O/c1-16(17-2-3-17)33-25(36)20-5-4-19(10-22(20)27)34-13-26(14-34,7-8-28)35-12-18(11-32-35)23-21-6-9-29-24(21)31-15-30-23/h4-6,9-12,15-17H,2-3,7,13-14H2,1H3,(H,33,36)(H,29,30,31)/t16-/m1/s1. The van der Waals surface area contributed by atoms with Gasteiger partial charge in [0.25, 0.3) is 5.91 Å². The van der Waals surface area contributed by atoms with Crippen molar-refractivity contribution in [1.29, 1.82) is 5.26 Å². The van der Waals surface area contributed by atoms with E-state index in [0.29, 0.717) is 24.7 Å². The van der Waals surface area contributed by atoms with Gasteiger partial charge in [-0.15, -0.1) is 0 Å². The highest BCUT2D eigenvalue weighted by Crippen LogP contribution is 2.38. The van der Waals surface area contributed by atoms with Crippen molar-refractivity contribution in [1.82, 2.24) is 30.0 Å². The number of halogens is 1. The maximum Gasteiger partial charge on any atom is 0.254 e. The number of hydrogen-bond donors (Lipinski definition) is 2. The van der Waals surface area contributed by atoms with Crippen LogP contribution in [0.1, 0.15) is 36.5 Å². The molecule has 0 spiro atoms. The largest absolute Gasteiger partial charge is 0.366 e. The Labute approximate surface area is 207 Å². The minimum absolute atomic E-state index is 0.0488. The molecular weight excluding hydrogens is 459 g/mol. The van der Waals surface area contributed by atoms with Gasteiger partial charge in [0.2, 0.25) is 0 Å². The highest BCUT2D eigenvalue weighted by atomic mass is 19.1. The molecule has 10 heteroatoms. The molecule has 1 saturated carbocycles. The Morgan fingerprint density at radius 2 is 2.17 bits per heavy atom. The second kappa shape index (κ2) is 8.45. The molecule has 6 rings (SSSR count). The lowest BCUT2D eigenvalue weighted by Gasteiger charge is -2.50. The van der Waals surface area contributed by atoms with Crippen LogP contribution in [0, 0.1) is 23.1 Å². The maximum atomic E-state index is 14.9. The number of carbonyl (C=O) groups excluding carboxylic acids is 1. The number of rotatable bonds is 7. The van der Waals surface area contributed by atoms with E-state index in [1.807, 2.05) is 35.0 Å². The van der Waals surface area contributed by atoms with Gasteiger partial charge in [0.1, 0.15) is 23.3 Å². The topological polar surface area (TPSA) is 116 Å². The van der Waals surface area contributed by atoms with Crippen LogP contribution < -0.4 is 10.2 Å². The summed E-state index contributed by atoms with van der Waals surface area (Å²) in [4.78, 5) is 26.2. The summed E-state index contributed by atoms with van der Waals surface area (Å²) in [5.74, 6) is -0.436. The van der Waals surface area contributed by atoms with E-state index in [1.54, 1.807) is 12.3 Å². The normalized spacial score (nSPS) is 17.4. The monoisotopic (exact) mass is 484 g/mol. The van der Waals surface area contributed by atoms with E-state index in [-0.39, 0.29) is 23.9 Å². The van der Waals surface area contributed by atoms with Gasteiger partial charge in [-0.05, 0) is 49.9 Å². The third kappa shape index (κ3) is 3.77. The van der Waals surface area contributed by atoms with Crippen molar-refractivity contribution in [2.75, 3.05) is 18.0 Å². The number of aromatic nitrogens is 5. The third-order valence-corrected chi connectivity index (χ3v) is 7.32. The average molecular weight is 485 g/mol. The average Bonchev–Trinajstić information content (AvgIpc) is 3.38. The van der Waals surface area contributed by atoms with E-state index in [9.17, 15) is 14.4 Å². The van der Waals surface area contributed by atoms with E-state index in [0.717, 1.165) is 35.1 Å². The Kier molecular flexibility index (Phi) is 5.21. The summed E-state index contributed by atoms with van der Waals surface area (Å²) >= 11 is 0. The van der Waals surface area contributed by atoms with Crippen LogP contribution in [-0.4, -0.2) is 49.8 Å². The smallest absolute Gasteiger partial charge is 0.254 e. The number of amides is 1. The molecule has 182 valence electrons. The van der Waals surface area contributed by atoms with Crippen molar-refractivity contribution in [2.45, 2.75) is 37.8 Å². The second-order valence-corrected chi connectivity index (χ2v) is 9.81. The zero-order chi connectivity index (χ0) is 24.9.